The van der Waals surface area contributed by atoms with Gasteiger partial charge in [0, 0.05) is 17.8 Å². The Bertz CT molecular complexity index is 646. The first-order valence-corrected chi connectivity index (χ1v) is 6.25. The molecule has 0 aliphatic heterocycles. The van der Waals surface area contributed by atoms with Gasteiger partial charge in [-0.15, -0.1) is 0 Å². The topological polar surface area (TPSA) is 86.9 Å². The van der Waals surface area contributed by atoms with Crippen LogP contribution in [0.3, 0.4) is 0 Å². The number of hydrogen-bond acceptors (Lipinski definition) is 4. The number of hydrogen-bond donors (Lipinski definition) is 3. The molecule has 2 aromatic rings. The molecule has 0 saturated carbocycles. The van der Waals surface area contributed by atoms with Crippen LogP contribution in [0.2, 0.25) is 0 Å². The Balaban J connectivity index is 2.24. The highest BCUT2D eigenvalue weighted by Crippen LogP contribution is 2.22. The summed E-state index contributed by atoms with van der Waals surface area (Å²) >= 11 is 0. The van der Waals surface area contributed by atoms with Gasteiger partial charge < -0.3 is 10.6 Å². The van der Waals surface area contributed by atoms with Gasteiger partial charge in [-0.05, 0) is 31.7 Å². The maximum absolute atomic E-state index is 12.1. The lowest BCUT2D eigenvalue weighted by Gasteiger charge is -2.16. The zero-order valence-corrected chi connectivity index (χ0v) is 11.3. The van der Waals surface area contributed by atoms with E-state index < -0.39 is 0 Å². The third-order valence-electron chi connectivity index (χ3n) is 3.02. The lowest BCUT2D eigenvalue weighted by Crippen LogP contribution is -2.20. The van der Waals surface area contributed by atoms with Crippen LogP contribution in [0.25, 0.3) is 0 Å². The second-order valence-electron chi connectivity index (χ2n) is 4.36. The number of aromatic nitrogens is 2. The third kappa shape index (κ3) is 3.10. The summed E-state index contributed by atoms with van der Waals surface area (Å²) in [5.74, 6) is -0.364. The number of amides is 1. The van der Waals surface area contributed by atoms with Crippen molar-refractivity contribution < 1.29 is 4.79 Å². The zero-order chi connectivity index (χ0) is 14.5. The van der Waals surface area contributed by atoms with Crippen molar-refractivity contribution in [2.75, 3.05) is 12.4 Å². The summed E-state index contributed by atoms with van der Waals surface area (Å²) in [4.78, 5) is 23.0. The number of H-pyrrole nitrogens is 1. The van der Waals surface area contributed by atoms with E-state index in [-0.39, 0.29) is 23.2 Å². The third-order valence-corrected chi connectivity index (χ3v) is 3.02. The molecule has 0 bridgehead atoms. The average molecular weight is 272 g/mol. The molecule has 0 fully saturated rings. The molecule has 0 saturated heterocycles. The molecule has 104 valence electrons. The van der Waals surface area contributed by atoms with Gasteiger partial charge in [0.1, 0.15) is 5.69 Å². The predicted octanol–water partition coefficient (Wildman–Crippen LogP) is 1.30. The minimum Gasteiger partial charge on any atom is -0.320 e. The smallest absolute Gasteiger partial charge is 0.276 e. The van der Waals surface area contributed by atoms with Crippen LogP contribution in [-0.2, 0) is 0 Å². The fourth-order valence-corrected chi connectivity index (χ4v) is 1.80. The van der Waals surface area contributed by atoms with Crippen LogP contribution in [0.1, 0.15) is 29.0 Å². The summed E-state index contributed by atoms with van der Waals surface area (Å²) in [5, 5.41) is 11.9. The number of carbonyl (C=O) groups is 1. The molecule has 3 N–H and O–H groups in total. The molecule has 1 unspecified atom stereocenters. The van der Waals surface area contributed by atoms with E-state index >= 15 is 0 Å². The molecule has 1 aromatic heterocycles. The summed E-state index contributed by atoms with van der Waals surface area (Å²) in [6.07, 6.45) is 0. The average Bonchev–Trinajstić information content (AvgIpc) is 2.47. The molecule has 0 spiro atoms. The van der Waals surface area contributed by atoms with E-state index in [1.807, 2.05) is 38.2 Å². The number of aromatic amines is 1. The van der Waals surface area contributed by atoms with Crippen molar-refractivity contribution in [2.24, 2.45) is 0 Å². The van der Waals surface area contributed by atoms with Gasteiger partial charge in [0.2, 0.25) is 0 Å². The Kier molecular flexibility index (Phi) is 4.27. The van der Waals surface area contributed by atoms with E-state index in [0.29, 0.717) is 5.69 Å². The summed E-state index contributed by atoms with van der Waals surface area (Å²) in [7, 11) is 1.85. The summed E-state index contributed by atoms with van der Waals surface area (Å²) < 4.78 is 0. The highest BCUT2D eigenvalue weighted by Gasteiger charge is 2.13. The Hall–Kier alpha value is -2.47. The highest BCUT2D eigenvalue weighted by molar-refractivity contribution is 6.03. The number of benzene rings is 1. The normalized spacial score (nSPS) is 11.9. The molecule has 1 atom stereocenters. The van der Waals surface area contributed by atoms with Gasteiger partial charge in [-0.1, -0.05) is 18.2 Å². The van der Waals surface area contributed by atoms with Crippen molar-refractivity contribution in [3.05, 3.63) is 58.0 Å². The molecular weight excluding hydrogens is 256 g/mol. The fraction of sp³-hybridized carbons (Fsp3) is 0.214. The van der Waals surface area contributed by atoms with Gasteiger partial charge in [0.25, 0.3) is 11.5 Å². The number of anilines is 1. The first kappa shape index (κ1) is 14.0. The Morgan fingerprint density at radius 1 is 1.25 bits per heavy atom. The van der Waals surface area contributed by atoms with Crippen LogP contribution < -0.4 is 16.2 Å². The maximum atomic E-state index is 12.1. The molecule has 20 heavy (non-hydrogen) atoms. The van der Waals surface area contributed by atoms with Crippen molar-refractivity contribution in [3.63, 3.8) is 0 Å². The first-order valence-electron chi connectivity index (χ1n) is 6.25. The zero-order valence-electron chi connectivity index (χ0n) is 11.3. The van der Waals surface area contributed by atoms with Crippen molar-refractivity contribution in [1.29, 1.82) is 0 Å². The predicted molar refractivity (Wildman–Crippen MR) is 76.7 cm³/mol. The minimum atomic E-state index is -0.364. The largest absolute Gasteiger partial charge is 0.320 e. The van der Waals surface area contributed by atoms with Crippen molar-refractivity contribution in [1.82, 2.24) is 15.5 Å². The molecule has 0 radical (unpaired) electrons. The fourth-order valence-electron chi connectivity index (χ4n) is 1.80. The number of nitrogens with one attached hydrogen (secondary N) is 3. The van der Waals surface area contributed by atoms with Crippen LogP contribution in [0, 0.1) is 0 Å². The van der Waals surface area contributed by atoms with Gasteiger partial charge in [-0.25, -0.2) is 5.10 Å². The molecular formula is C14H16N4O2. The Labute approximate surface area is 116 Å². The molecule has 6 nitrogen and oxygen atoms in total. The second-order valence-corrected chi connectivity index (χ2v) is 4.36. The van der Waals surface area contributed by atoms with Gasteiger partial charge in [0.15, 0.2) is 0 Å². The lowest BCUT2D eigenvalue weighted by atomic mass is 10.1. The van der Waals surface area contributed by atoms with Crippen molar-refractivity contribution in [3.8, 4) is 0 Å². The van der Waals surface area contributed by atoms with E-state index in [1.54, 1.807) is 0 Å². The van der Waals surface area contributed by atoms with E-state index in [1.165, 1.54) is 12.1 Å². The SMILES string of the molecule is CNC(C)c1ccccc1NC(=O)c1ccc(=O)[nH]n1. The van der Waals surface area contributed by atoms with E-state index in [0.717, 1.165) is 5.56 Å². The lowest BCUT2D eigenvalue weighted by molar-refractivity contribution is 0.102. The van der Waals surface area contributed by atoms with Crippen molar-refractivity contribution >= 4 is 11.6 Å². The highest BCUT2D eigenvalue weighted by atomic mass is 16.2. The van der Waals surface area contributed by atoms with Crippen LogP contribution in [0.4, 0.5) is 5.69 Å². The van der Waals surface area contributed by atoms with Crippen LogP contribution in [-0.4, -0.2) is 23.2 Å². The molecule has 1 amide bonds. The standard InChI is InChI=1S/C14H16N4O2/c1-9(15-2)10-5-3-4-6-11(10)16-14(20)12-7-8-13(19)18-17-12/h3-9,15H,1-2H3,(H,16,20)(H,18,19). The summed E-state index contributed by atoms with van der Waals surface area (Å²) in [6.45, 7) is 2.00. The van der Waals surface area contributed by atoms with Crippen molar-refractivity contribution in [2.45, 2.75) is 13.0 Å². The number of carbonyl (C=O) groups excluding carboxylic acids is 1. The van der Waals surface area contributed by atoms with Gasteiger partial charge >= 0.3 is 0 Å². The quantitative estimate of drug-likeness (QED) is 0.783. The molecule has 1 heterocycles. The Morgan fingerprint density at radius 2 is 2.00 bits per heavy atom. The number of rotatable bonds is 4. The molecule has 1 aromatic carbocycles. The van der Waals surface area contributed by atoms with Crippen LogP contribution in [0.15, 0.2) is 41.2 Å². The summed E-state index contributed by atoms with van der Waals surface area (Å²) in [5.41, 5.74) is 1.52. The molecule has 6 heteroatoms. The van der Waals surface area contributed by atoms with E-state index in [2.05, 4.69) is 20.8 Å². The van der Waals surface area contributed by atoms with Gasteiger partial charge in [-0.2, -0.15) is 5.10 Å². The van der Waals surface area contributed by atoms with Crippen LogP contribution >= 0.6 is 0 Å². The van der Waals surface area contributed by atoms with E-state index in [4.69, 9.17) is 0 Å². The number of nitrogens with zero attached hydrogens (tertiary/aromatic N) is 1. The van der Waals surface area contributed by atoms with E-state index in [9.17, 15) is 9.59 Å². The first-order chi connectivity index (χ1) is 9.61. The maximum Gasteiger partial charge on any atom is 0.276 e. The van der Waals surface area contributed by atoms with Crippen LogP contribution in [0.5, 0.6) is 0 Å². The monoisotopic (exact) mass is 272 g/mol. The Morgan fingerprint density at radius 3 is 2.65 bits per heavy atom. The number of para-hydroxylation sites is 1. The minimum absolute atomic E-state index is 0.107. The molecule has 0 aliphatic rings. The van der Waals surface area contributed by atoms with Gasteiger partial charge in [-0.3, -0.25) is 9.59 Å². The molecule has 2 rings (SSSR count). The van der Waals surface area contributed by atoms with Gasteiger partial charge in [0.05, 0.1) is 0 Å². The second kappa shape index (κ2) is 6.12. The summed E-state index contributed by atoms with van der Waals surface area (Å²) in [6, 6.07) is 10.3. The molecule has 0 aliphatic carbocycles.